The molecule has 0 radical (unpaired) electrons. The smallest absolute Gasteiger partial charge is 0.101 e. The molecule has 0 N–H and O–H groups in total. The minimum atomic E-state index is -0.0800. The van der Waals surface area contributed by atoms with Crippen LogP contribution in [-0.2, 0) is 9.47 Å². The lowest BCUT2D eigenvalue weighted by Gasteiger charge is -2.29. The van der Waals surface area contributed by atoms with E-state index in [2.05, 4.69) is 108 Å². The lowest BCUT2D eigenvalue weighted by molar-refractivity contribution is 0.122. The number of methoxy groups -OCH3 is 1. The third-order valence-electron chi connectivity index (χ3n) is 6.20. The summed E-state index contributed by atoms with van der Waals surface area (Å²) in [7, 11) is 1.75. The van der Waals surface area contributed by atoms with Gasteiger partial charge in [-0.2, -0.15) is 0 Å². The lowest BCUT2D eigenvalue weighted by Crippen LogP contribution is -2.36. The van der Waals surface area contributed by atoms with Crippen LogP contribution in [-0.4, -0.2) is 33.4 Å². The van der Waals surface area contributed by atoms with E-state index >= 15 is 0 Å². The first-order chi connectivity index (χ1) is 16.8. The van der Waals surface area contributed by atoms with Gasteiger partial charge in [0.1, 0.15) is 6.10 Å². The number of hydrogen-bond donors (Lipinski definition) is 0. The van der Waals surface area contributed by atoms with Gasteiger partial charge in [-0.05, 0) is 46.5 Å². The fraction of sp³-hybridized carbons (Fsp3) is 0.200. The number of morpholine rings is 1. The van der Waals surface area contributed by atoms with Crippen molar-refractivity contribution < 1.29 is 9.47 Å². The topological polar surface area (TPSA) is 21.7 Å². The van der Waals surface area contributed by atoms with Crippen LogP contribution in [0.25, 0.3) is 5.57 Å². The van der Waals surface area contributed by atoms with E-state index in [4.69, 9.17) is 9.47 Å². The molecule has 0 aliphatic carbocycles. The van der Waals surface area contributed by atoms with E-state index < -0.39 is 0 Å². The van der Waals surface area contributed by atoms with Crippen LogP contribution < -0.4 is 4.90 Å². The number of fused-ring (bicyclic) bond motifs is 2. The summed E-state index contributed by atoms with van der Waals surface area (Å²) in [6.07, 6.45) is 10.5. The van der Waals surface area contributed by atoms with Gasteiger partial charge in [-0.1, -0.05) is 90.7 Å². The van der Waals surface area contributed by atoms with Gasteiger partial charge < -0.3 is 14.4 Å². The van der Waals surface area contributed by atoms with Crippen molar-refractivity contribution in [2.45, 2.75) is 15.9 Å². The van der Waals surface area contributed by atoms with Crippen molar-refractivity contribution in [1.29, 1.82) is 0 Å². The summed E-state index contributed by atoms with van der Waals surface area (Å²) < 4.78 is 11.2. The highest BCUT2D eigenvalue weighted by Crippen LogP contribution is 2.45. The first-order valence-corrected chi connectivity index (χ1v) is 12.5. The Morgan fingerprint density at radius 3 is 2.12 bits per heavy atom. The zero-order valence-corrected chi connectivity index (χ0v) is 20.2. The SMILES string of the molecule is COC(C=CC=CC=C1c2ccccc2Sc2ccccc21)c1ccc(N2CCOCC2)cc1. The monoisotopic (exact) mass is 467 g/mol. The highest BCUT2D eigenvalue weighted by Gasteiger charge is 2.19. The fourth-order valence-corrected chi connectivity index (χ4v) is 5.51. The third-order valence-corrected chi connectivity index (χ3v) is 7.35. The number of hydrogen-bond acceptors (Lipinski definition) is 4. The molecule has 4 heteroatoms. The first kappa shape index (κ1) is 22.7. The molecule has 0 saturated carbocycles. The average molecular weight is 468 g/mol. The largest absolute Gasteiger partial charge is 0.378 e. The Morgan fingerprint density at radius 2 is 1.47 bits per heavy atom. The van der Waals surface area contributed by atoms with Gasteiger partial charge in [0.05, 0.1) is 13.2 Å². The van der Waals surface area contributed by atoms with Gasteiger partial charge in [0.25, 0.3) is 0 Å². The maximum Gasteiger partial charge on any atom is 0.101 e. The molecule has 5 rings (SSSR count). The quantitative estimate of drug-likeness (QED) is 0.287. The number of allylic oxidation sites excluding steroid dienone is 4. The summed E-state index contributed by atoms with van der Waals surface area (Å²) in [6, 6.07) is 25.9. The van der Waals surface area contributed by atoms with E-state index in [0.717, 1.165) is 31.9 Å². The summed E-state index contributed by atoms with van der Waals surface area (Å²) >= 11 is 1.84. The molecule has 34 heavy (non-hydrogen) atoms. The van der Waals surface area contributed by atoms with E-state index in [1.165, 1.54) is 32.2 Å². The van der Waals surface area contributed by atoms with Crippen molar-refractivity contribution in [2.75, 3.05) is 38.3 Å². The van der Waals surface area contributed by atoms with Gasteiger partial charge in [-0.3, -0.25) is 0 Å². The Hall–Kier alpha value is -3.05. The van der Waals surface area contributed by atoms with Crippen LogP contribution in [0.5, 0.6) is 0 Å². The Kier molecular flexibility index (Phi) is 7.30. The molecule has 1 atom stereocenters. The maximum atomic E-state index is 5.74. The Morgan fingerprint density at radius 1 is 0.824 bits per heavy atom. The highest BCUT2D eigenvalue weighted by atomic mass is 32.2. The second-order valence-corrected chi connectivity index (χ2v) is 9.38. The molecule has 1 fully saturated rings. The first-order valence-electron chi connectivity index (χ1n) is 11.7. The lowest BCUT2D eigenvalue weighted by atomic mass is 9.96. The minimum Gasteiger partial charge on any atom is -0.378 e. The summed E-state index contributed by atoms with van der Waals surface area (Å²) in [4.78, 5) is 4.97. The van der Waals surface area contributed by atoms with Crippen LogP contribution in [0.15, 0.2) is 113 Å². The normalized spacial score (nSPS) is 16.5. The molecule has 1 unspecified atom stereocenters. The second kappa shape index (κ2) is 10.9. The molecule has 0 aromatic heterocycles. The molecule has 0 bridgehead atoms. The average Bonchev–Trinajstić information content (AvgIpc) is 2.91. The van der Waals surface area contributed by atoms with Crippen molar-refractivity contribution >= 4 is 23.0 Å². The van der Waals surface area contributed by atoms with Gasteiger partial charge in [-0.25, -0.2) is 0 Å². The molecule has 2 aliphatic heterocycles. The van der Waals surface area contributed by atoms with E-state index in [9.17, 15) is 0 Å². The molecule has 3 aromatic rings. The Bertz CT molecular complexity index is 1160. The van der Waals surface area contributed by atoms with Gasteiger partial charge in [0.2, 0.25) is 0 Å². The summed E-state index contributed by atoms with van der Waals surface area (Å²) in [5, 5.41) is 0. The van der Waals surface area contributed by atoms with Gasteiger partial charge in [0.15, 0.2) is 0 Å². The van der Waals surface area contributed by atoms with Crippen molar-refractivity contribution in [3.05, 3.63) is 120 Å². The predicted molar refractivity (Wildman–Crippen MR) is 142 cm³/mol. The molecule has 0 spiro atoms. The van der Waals surface area contributed by atoms with Crippen LogP contribution in [0.2, 0.25) is 0 Å². The van der Waals surface area contributed by atoms with Crippen molar-refractivity contribution in [1.82, 2.24) is 0 Å². The summed E-state index contributed by atoms with van der Waals surface area (Å²) in [6.45, 7) is 3.48. The van der Waals surface area contributed by atoms with Crippen molar-refractivity contribution in [3.63, 3.8) is 0 Å². The van der Waals surface area contributed by atoms with Crippen molar-refractivity contribution in [3.8, 4) is 0 Å². The predicted octanol–water partition coefficient (Wildman–Crippen LogP) is 6.92. The van der Waals surface area contributed by atoms with Crippen molar-refractivity contribution in [2.24, 2.45) is 0 Å². The van der Waals surface area contributed by atoms with Gasteiger partial charge in [0, 0.05) is 35.7 Å². The fourth-order valence-electron chi connectivity index (χ4n) is 4.40. The Labute approximate surface area is 206 Å². The van der Waals surface area contributed by atoms with E-state index in [0.29, 0.717) is 0 Å². The molecule has 172 valence electrons. The van der Waals surface area contributed by atoms with Crippen LogP contribution in [0.3, 0.4) is 0 Å². The second-order valence-electron chi connectivity index (χ2n) is 8.29. The Balaban J connectivity index is 1.30. The number of ether oxygens (including phenoxy) is 2. The zero-order chi connectivity index (χ0) is 23.2. The standard InChI is InChI=1S/C30H29NO2S/c1-32-28(23-15-17-24(18-16-23)31-19-21-33-22-20-31)12-4-2-3-9-25-26-10-5-7-13-29(26)34-30-14-8-6-11-27(25)30/h2-18,28H,19-22H2,1H3. The number of nitrogens with zero attached hydrogens (tertiary/aromatic N) is 1. The molecule has 2 heterocycles. The maximum absolute atomic E-state index is 5.74. The summed E-state index contributed by atoms with van der Waals surface area (Å²) in [5.74, 6) is 0. The van der Waals surface area contributed by atoms with Crippen LogP contribution in [0, 0.1) is 0 Å². The molecule has 2 aliphatic rings. The van der Waals surface area contributed by atoms with Gasteiger partial charge >= 0.3 is 0 Å². The molecular formula is C30H29NO2S. The number of rotatable bonds is 6. The number of benzene rings is 3. The van der Waals surface area contributed by atoms with Crippen LogP contribution >= 0.6 is 11.8 Å². The molecular weight excluding hydrogens is 438 g/mol. The third kappa shape index (κ3) is 5.05. The highest BCUT2D eigenvalue weighted by molar-refractivity contribution is 7.99. The van der Waals surface area contributed by atoms with E-state index in [1.807, 2.05) is 11.8 Å². The zero-order valence-electron chi connectivity index (χ0n) is 19.4. The number of anilines is 1. The molecule has 1 saturated heterocycles. The minimum absolute atomic E-state index is 0.0800. The molecule has 3 nitrogen and oxygen atoms in total. The van der Waals surface area contributed by atoms with Crippen LogP contribution in [0.4, 0.5) is 5.69 Å². The summed E-state index contributed by atoms with van der Waals surface area (Å²) in [5.41, 5.74) is 6.22. The van der Waals surface area contributed by atoms with E-state index in [-0.39, 0.29) is 6.10 Å². The molecule has 0 amide bonds. The van der Waals surface area contributed by atoms with Crippen LogP contribution in [0.1, 0.15) is 22.8 Å². The van der Waals surface area contributed by atoms with E-state index in [1.54, 1.807) is 7.11 Å². The molecule has 3 aromatic carbocycles. The van der Waals surface area contributed by atoms with Gasteiger partial charge in [-0.15, -0.1) is 0 Å².